The third-order valence-corrected chi connectivity index (χ3v) is 1.70. The largest absolute Gasteiger partial charge is 0.298 e. The van der Waals surface area contributed by atoms with Gasteiger partial charge >= 0.3 is 0 Å². The molecule has 1 aliphatic rings. The summed E-state index contributed by atoms with van der Waals surface area (Å²) < 4.78 is 0. The molecule has 0 aromatic rings. The van der Waals surface area contributed by atoms with Gasteiger partial charge in [-0.3, -0.25) is 5.32 Å². The van der Waals surface area contributed by atoms with Crippen LogP contribution in [0.2, 0.25) is 0 Å². The Hall–Kier alpha value is -0.0800. The van der Waals surface area contributed by atoms with Crippen molar-refractivity contribution in [1.29, 1.82) is 0 Å². The molecule has 0 aromatic carbocycles. The first-order valence-corrected chi connectivity index (χ1v) is 3.71. The number of nitrogens with one attached hydrogen (secondary N) is 1. The summed E-state index contributed by atoms with van der Waals surface area (Å²) in [6.07, 6.45) is 4.24. The SMILES string of the molecule is CCC([N]C)NC1CC1. The summed E-state index contributed by atoms with van der Waals surface area (Å²) in [7, 11) is 1.88. The van der Waals surface area contributed by atoms with Crippen molar-refractivity contribution in [2.24, 2.45) is 0 Å². The fourth-order valence-corrected chi connectivity index (χ4v) is 0.897. The maximum atomic E-state index is 4.18. The zero-order valence-corrected chi connectivity index (χ0v) is 6.22. The normalized spacial score (nSPS) is 22.0. The van der Waals surface area contributed by atoms with Crippen LogP contribution in [0.15, 0.2) is 0 Å². The van der Waals surface area contributed by atoms with Crippen molar-refractivity contribution in [3.8, 4) is 0 Å². The Morgan fingerprint density at radius 2 is 2.33 bits per heavy atom. The molecule has 2 nitrogen and oxygen atoms in total. The number of nitrogens with zero attached hydrogens (tertiary/aromatic N) is 1. The molecule has 1 atom stereocenters. The van der Waals surface area contributed by atoms with Crippen molar-refractivity contribution in [1.82, 2.24) is 10.6 Å². The molecule has 1 rings (SSSR count). The Balaban J connectivity index is 2.05. The van der Waals surface area contributed by atoms with Gasteiger partial charge in [-0.05, 0) is 19.3 Å². The summed E-state index contributed by atoms with van der Waals surface area (Å²) in [6.45, 7) is 2.16. The maximum Gasteiger partial charge on any atom is 0.0732 e. The van der Waals surface area contributed by atoms with Crippen LogP contribution in [0.4, 0.5) is 0 Å². The second-order valence-electron chi connectivity index (χ2n) is 2.62. The average molecular weight is 127 g/mol. The van der Waals surface area contributed by atoms with E-state index in [4.69, 9.17) is 0 Å². The van der Waals surface area contributed by atoms with Crippen LogP contribution in [0.5, 0.6) is 0 Å². The molecule has 1 saturated carbocycles. The lowest BCUT2D eigenvalue weighted by Gasteiger charge is -2.12. The van der Waals surface area contributed by atoms with Gasteiger partial charge in [0.1, 0.15) is 0 Å². The summed E-state index contributed by atoms with van der Waals surface area (Å²) in [6, 6.07) is 0.790. The Kier molecular flexibility index (Phi) is 2.49. The number of rotatable bonds is 4. The lowest BCUT2D eigenvalue weighted by Crippen LogP contribution is -2.36. The first-order valence-electron chi connectivity index (χ1n) is 3.71. The number of hydrogen-bond acceptors (Lipinski definition) is 1. The highest BCUT2D eigenvalue weighted by molar-refractivity contribution is 4.82. The van der Waals surface area contributed by atoms with E-state index < -0.39 is 0 Å². The third kappa shape index (κ3) is 2.33. The predicted octanol–water partition coefficient (Wildman–Crippen LogP) is 0.709. The Bertz CT molecular complexity index is 75.0. The van der Waals surface area contributed by atoms with Crippen molar-refractivity contribution in [3.63, 3.8) is 0 Å². The van der Waals surface area contributed by atoms with Gasteiger partial charge in [-0.15, -0.1) is 0 Å². The van der Waals surface area contributed by atoms with Crippen LogP contribution in [-0.2, 0) is 0 Å². The molecule has 0 saturated heterocycles. The second-order valence-corrected chi connectivity index (χ2v) is 2.62. The van der Waals surface area contributed by atoms with Gasteiger partial charge in [0.15, 0.2) is 0 Å². The standard InChI is InChI=1S/C7H15N2/c1-3-7(8-2)9-6-4-5-6/h6-7,9H,3-5H2,1-2H3. The zero-order valence-electron chi connectivity index (χ0n) is 6.22. The van der Waals surface area contributed by atoms with Crippen LogP contribution in [-0.4, -0.2) is 19.3 Å². The second kappa shape index (κ2) is 3.18. The molecule has 53 valence electrons. The smallest absolute Gasteiger partial charge is 0.0732 e. The topological polar surface area (TPSA) is 26.1 Å². The van der Waals surface area contributed by atoms with Crippen LogP contribution in [0, 0.1) is 0 Å². The molecule has 0 amide bonds. The van der Waals surface area contributed by atoms with Gasteiger partial charge in [0, 0.05) is 13.1 Å². The van der Waals surface area contributed by atoms with Crippen LogP contribution < -0.4 is 10.6 Å². The highest BCUT2D eigenvalue weighted by Gasteiger charge is 2.22. The molecule has 0 spiro atoms. The molecule has 9 heavy (non-hydrogen) atoms. The van der Waals surface area contributed by atoms with Crippen molar-refractivity contribution in [3.05, 3.63) is 0 Å². The highest BCUT2D eigenvalue weighted by atomic mass is 15.1. The maximum absolute atomic E-state index is 4.18. The Morgan fingerprint density at radius 3 is 2.67 bits per heavy atom. The van der Waals surface area contributed by atoms with E-state index in [1.165, 1.54) is 12.8 Å². The summed E-state index contributed by atoms with van der Waals surface area (Å²) >= 11 is 0. The van der Waals surface area contributed by atoms with E-state index in [0.29, 0.717) is 6.17 Å². The monoisotopic (exact) mass is 127 g/mol. The minimum atomic E-state index is 0.414. The summed E-state index contributed by atoms with van der Waals surface area (Å²) in [5, 5.41) is 7.60. The molecule has 0 aliphatic heterocycles. The van der Waals surface area contributed by atoms with E-state index in [9.17, 15) is 0 Å². The quantitative estimate of drug-likeness (QED) is 0.591. The van der Waals surface area contributed by atoms with E-state index in [1.807, 2.05) is 7.05 Å². The molecule has 1 unspecified atom stereocenters. The minimum absolute atomic E-state index is 0.414. The third-order valence-electron chi connectivity index (χ3n) is 1.70. The van der Waals surface area contributed by atoms with E-state index >= 15 is 0 Å². The minimum Gasteiger partial charge on any atom is -0.298 e. The molecule has 2 heteroatoms. The van der Waals surface area contributed by atoms with Gasteiger partial charge in [0.05, 0.1) is 6.17 Å². The molecule has 1 aliphatic carbocycles. The van der Waals surface area contributed by atoms with E-state index in [1.54, 1.807) is 0 Å². The molecule has 1 N–H and O–H groups in total. The van der Waals surface area contributed by atoms with Crippen molar-refractivity contribution in [2.45, 2.75) is 38.4 Å². The molecule has 0 heterocycles. The zero-order chi connectivity index (χ0) is 6.69. The molecule has 1 fully saturated rings. The van der Waals surface area contributed by atoms with Gasteiger partial charge in [0.25, 0.3) is 0 Å². The van der Waals surface area contributed by atoms with E-state index in [2.05, 4.69) is 17.6 Å². The first kappa shape index (κ1) is 7.03. The van der Waals surface area contributed by atoms with Crippen LogP contribution in [0.25, 0.3) is 0 Å². The fourth-order valence-electron chi connectivity index (χ4n) is 0.897. The highest BCUT2D eigenvalue weighted by Crippen LogP contribution is 2.19. The molecule has 0 aromatic heterocycles. The predicted molar refractivity (Wildman–Crippen MR) is 38.3 cm³/mol. The Morgan fingerprint density at radius 1 is 1.67 bits per heavy atom. The van der Waals surface area contributed by atoms with Crippen molar-refractivity contribution >= 4 is 0 Å². The fraction of sp³-hybridized carbons (Fsp3) is 1.00. The van der Waals surface area contributed by atoms with Gasteiger partial charge in [0.2, 0.25) is 0 Å². The lowest BCUT2D eigenvalue weighted by molar-refractivity contribution is 0.433. The van der Waals surface area contributed by atoms with Crippen LogP contribution >= 0.6 is 0 Å². The van der Waals surface area contributed by atoms with E-state index in [0.717, 1.165) is 12.5 Å². The molecular weight excluding hydrogens is 112 g/mol. The van der Waals surface area contributed by atoms with Crippen molar-refractivity contribution < 1.29 is 0 Å². The number of hydrogen-bond donors (Lipinski definition) is 1. The lowest BCUT2D eigenvalue weighted by atomic mass is 10.4. The van der Waals surface area contributed by atoms with Gasteiger partial charge in [-0.2, -0.15) is 0 Å². The van der Waals surface area contributed by atoms with Crippen molar-refractivity contribution in [2.75, 3.05) is 7.05 Å². The summed E-state index contributed by atoms with van der Waals surface area (Å²) in [4.78, 5) is 0. The van der Waals surface area contributed by atoms with Gasteiger partial charge < -0.3 is 0 Å². The van der Waals surface area contributed by atoms with Crippen LogP contribution in [0.3, 0.4) is 0 Å². The molecule has 0 bridgehead atoms. The summed E-state index contributed by atoms with van der Waals surface area (Å²) in [5.74, 6) is 0. The summed E-state index contributed by atoms with van der Waals surface area (Å²) in [5.41, 5.74) is 0. The van der Waals surface area contributed by atoms with Crippen LogP contribution in [0.1, 0.15) is 26.2 Å². The van der Waals surface area contributed by atoms with Gasteiger partial charge in [-0.25, -0.2) is 5.32 Å². The van der Waals surface area contributed by atoms with Gasteiger partial charge in [-0.1, -0.05) is 6.92 Å². The molecule has 1 radical (unpaired) electrons. The Labute approximate surface area is 57.0 Å². The first-order chi connectivity index (χ1) is 4.36. The molecular formula is C7H15N2. The average Bonchev–Trinajstić information content (AvgIpc) is 2.66. The van der Waals surface area contributed by atoms with E-state index in [-0.39, 0.29) is 0 Å².